The number of nitrogens with one attached hydrogen (secondary N) is 1. The van der Waals surface area contributed by atoms with Crippen LogP contribution in [0.2, 0.25) is 0 Å². The van der Waals surface area contributed by atoms with Crippen molar-refractivity contribution < 1.29 is 4.21 Å². The van der Waals surface area contributed by atoms with E-state index in [1.165, 1.54) is 6.42 Å². The van der Waals surface area contributed by atoms with E-state index in [1.54, 1.807) is 0 Å². The molecule has 0 aromatic heterocycles. The van der Waals surface area contributed by atoms with E-state index in [0.717, 1.165) is 37.7 Å². The van der Waals surface area contributed by atoms with Crippen molar-refractivity contribution in [1.29, 1.82) is 0 Å². The second-order valence-electron chi connectivity index (χ2n) is 5.95. The summed E-state index contributed by atoms with van der Waals surface area (Å²) in [5.74, 6) is 1.72. The molecule has 0 aromatic carbocycles. The highest BCUT2D eigenvalue weighted by Crippen LogP contribution is 2.22. The molecule has 0 aromatic rings. The Bertz CT molecular complexity index is 240. The van der Waals surface area contributed by atoms with Gasteiger partial charge in [-0.1, -0.05) is 27.7 Å². The first-order valence-corrected chi connectivity index (χ1v) is 8.23. The van der Waals surface area contributed by atoms with Gasteiger partial charge in [0, 0.05) is 41.4 Å². The van der Waals surface area contributed by atoms with Crippen LogP contribution in [-0.2, 0) is 10.8 Å². The predicted molar refractivity (Wildman–Crippen MR) is 75.9 cm³/mol. The standard InChI is InChI=1S/C13H28N2OS/c1-5-14-12(13(2,3)4)6-7-15-8-10-17(16)11-9-15/h12,14H,5-11H2,1-4H3. The lowest BCUT2D eigenvalue weighted by molar-refractivity contribution is 0.213. The van der Waals surface area contributed by atoms with Crippen LogP contribution in [0.1, 0.15) is 34.1 Å². The van der Waals surface area contributed by atoms with Gasteiger partial charge in [0.2, 0.25) is 0 Å². The minimum atomic E-state index is -0.553. The van der Waals surface area contributed by atoms with Crippen molar-refractivity contribution in [2.45, 2.75) is 40.2 Å². The summed E-state index contributed by atoms with van der Waals surface area (Å²) >= 11 is 0. The monoisotopic (exact) mass is 260 g/mol. The van der Waals surface area contributed by atoms with Gasteiger partial charge in [0.1, 0.15) is 0 Å². The van der Waals surface area contributed by atoms with Crippen LogP contribution in [0.25, 0.3) is 0 Å². The van der Waals surface area contributed by atoms with E-state index in [0.29, 0.717) is 11.5 Å². The molecule has 1 N–H and O–H groups in total. The molecule has 3 nitrogen and oxygen atoms in total. The summed E-state index contributed by atoms with van der Waals surface area (Å²) in [6, 6.07) is 0.569. The summed E-state index contributed by atoms with van der Waals surface area (Å²) in [6.45, 7) is 13.2. The molecule has 0 radical (unpaired) electrons. The minimum absolute atomic E-state index is 0.314. The zero-order chi connectivity index (χ0) is 12.9. The third-order valence-corrected chi connectivity index (χ3v) is 4.78. The number of hydrogen-bond acceptors (Lipinski definition) is 3. The number of hydrogen-bond donors (Lipinski definition) is 1. The number of rotatable bonds is 5. The molecule has 1 rings (SSSR count). The van der Waals surface area contributed by atoms with Crippen LogP contribution in [-0.4, -0.2) is 52.8 Å². The van der Waals surface area contributed by atoms with Gasteiger partial charge >= 0.3 is 0 Å². The van der Waals surface area contributed by atoms with E-state index in [2.05, 4.69) is 37.9 Å². The lowest BCUT2D eigenvalue weighted by atomic mass is 9.84. The zero-order valence-electron chi connectivity index (χ0n) is 11.8. The molecule has 1 heterocycles. The highest BCUT2D eigenvalue weighted by Gasteiger charge is 2.24. The maximum Gasteiger partial charge on any atom is 0.0363 e. The fourth-order valence-electron chi connectivity index (χ4n) is 2.30. The molecule has 1 aliphatic heterocycles. The average molecular weight is 260 g/mol. The van der Waals surface area contributed by atoms with Gasteiger partial charge in [-0.2, -0.15) is 0 Å². The Kier molecular flexibility index (Phi) is 6.10. The molecule has 4 heteroatoms. The van der Waals surface area contributed by atoms with Crippen molar-refractivity contribution in [3.8, 4) is 0 Å². The first-order chi connectivity index (χ1) is 7.93. The smallest absolute Gasteiger partial charge is 0.0363 e. The second-order valence-corrected chi connectivity index (χ2v) is 7.65. The number of nitrogens with zero attached hydrogens (tertiary/aromatic N) is 1. The van der Waals surface area contributed by atoms with Gasteiger partial charge in [-0.15, -0.1) is 0 Å². The van der Waals surface area contributed by atoms with E-state index in [-0.39, 0.29) is 0 Å². The van der Waals surface area contributed by atoms with Gasteiger partial charge < -0.3 is 10.2 Å². The molecular formula is C13H28N2OS. The molecule has 102 valence electrons. The van der Waals surface area contributed by atoms with Gasteiger partial charge in [-0.05, 0) is 24.9 Å². The van der Waals surface area contributed by atoms with Gasteiger partial charge in [0.05, 0.1) is 0 Å². The van der Waals surface area contributed by atoms with Crippen molar-refractivity contribution in [2.24, 2.45) is 5.41 Å². The Morgan fingerprint density at radius 2 is 1.88 bits per heavy atom. The summed E-state index contributed by atoms with van der Waals surface area (Å²) in [5, 5.41) is 3.58. The molecule has 1 saturated heterocycles. The van der Waals surface area contributed by atoms with Gasteiger partial charge in [0.25, 0.3) is 0 Å². The normalized spacial score (nSPS) is 21.6. The van der Waals surface area contributed by atoms with Crippen molar-refractivity contribution in [3.05, 3.63) is 0 Å². The van der Waals surface area contributed by atoms with Gasteiger partial charge in [0.15, 0.2) is 0 Å². The van der Waals surface area contributed by atoms with E-state index < -0.39 is 10.8 Å². The average Bonchev–Trinajstić information content (AvgIpc) is 2.25. The van der Waals surface area contributed by atoms with Gasteiger partial charge in [-0.3, -0.25) is 4.21 Å². The quantitative estimate of drug-likeness (QED) is 0.812. The molecule has 0 spiro atoms. The van der Waals surface area contributed by atoms with Crippen LogP contribution in [0.5, 0.6) is 0 Å². The highest BCUT2D eigenvalue weighted by atomic mass is 32.2. The molecule has 0 bridgehead atoms. The fraction of sp³-hybridized carbons (Fsp3) is 1.00. The molecule has 0 saturated carbocycles. The SMILES string of the molecule is CCNC(CCN1CCS(=O)CC1)C(C)(C)C. The summed E-state index contributed by atoms with van der Waals surface area (Å²) in [5.41, 5.74) is 0.314. The maximum atomic E-state index is 11.3. The first-order valence-electron chi connectivity index (χ1n) is 6.74. The van der Waals surface area contributed by atoms with Crippen molar-refractivity contribution >= 4 is 10.8 Å². The van der Waals surface area contributed by atoms with E-state index in [1.807, 2.05) is 0 Å². The molecule has 1 atom stereocenters. The summed E-state index contributed by atoms with van der Waals surface area (Å²) in [7, 11) is -0.553. The van der Waals surface area contributed by atoms with E-state index >= 15 is 0 Å². The Hall–Kier alpha value is 0.0700. The summed E-state index contributed by atoms with van der Waals surface area (Å²) in [4.78, 5) is 2.46. The van der Waals surface area contributed by atoms with E-state index in [4.69, 9.17) is 0 Å². The summed E-state index contributed by atoms with van der Waals surface area (Å²) < 4.78 is 11.3. The molecular weight excluding hydrogens is 232 g/mol. The molecule has 1 unspecified atom stereocenters. The first kappa shape index (κ1) is 15.1. The van der Waals surface area contributed by atoms with Crippen molar-refractivity contribution in [1.82, 2.24) is 10.2 Å². The largest absolute Gasteiger partial charge is 0.314 e. The molecule has 0 aliphatic carbocycles. The maximum absolute atomic E-state index is 11.3. The Morgan fingerprint density at radius 3 is 2.35 bits per heavy atom. The predicted octanol–water partition coefficient (Wildman–Crippen LogP) is 1.46. The van der Waals surface area contributed by atoms with Crippen LogP contribution in [0, 0.1) is 5.41 Å². The Balaban J connectivity index is 2.34. The zero-order valence-corrected chi connectivity index (χ0v) is 12.6. The molecule has 1 aliphatic rings. The van der Waals surface area contributed by atoms with Crippen molar-refractivity contribution in [3.63, 3.8) is 0 Å². The highest BCUT2D eigenvalue weighted by molar-refractivity contribution is 7.85. The molecule has 1 fully saturated rings. The summed E-state index contributed by atoms with van der Waals surface area (Å²) in [6.07, 6.45) is 1.18. The van der Waals surface area contributed by atoms with Gasteiger partial charge in [-0.25, -0.2) is 0 Å². The van der Waals surface area contributed by atoms with E-state index in [9.17, 15) is 4.21 Å². The minimum Gasteiger partial charge on any atom is -0.314 e. The van der Waals surface area contributed by atoms with Crippen LogP contribution < -0.4 is 5.32 Å². The molecule has 0 amide bonds. The fourth-order valence-corrected chi connectivity index (χ4v) is 3.43. The topological polar surface area (TPSA) is 32.3 Å². The third kappa shape index (κ3) is 5.49. The second kappa shape index (κ2) is 6.86. The van der Waals surface area contributed by atoms with Crippen LogP contribution in [0.15, 0.2) is 0 Å². The Morgan fingerprint density at radius 1 is 1.29 bits per heavy atom. The lowest BCUT2D eigenvalue weighted by Crippen LogP contribution is -2.45. The molecule has 17 heavy (non-hydrogen) atoms. The Labute approximate surface area is 109 Å². The lowest BCUT2D eigenvalue weighted by Gasteiger charge is -2.34. The van der Waals surface area contributed by atoms with Crippen LogP contribution in [0.3, 0.4) is 0 Å². The third-order valence-electron chi connectivity index (χ3n) is 3.50. The van der Waals surface area contributed by atoms with Crippen LogP contribution >= 0.6 is 0 Å². The van der Waals surface area contributed by atoms with Crippen LogP contribution in [0.4, 0.5) is 0 Å². The van der Waals surface area contributed by atoms with Crippen molar-refractivity contribution in [2.75, 3.05) is 37.7 Å².